The van der Waals surface area contributed by atoms with Crippen LogP contribution in [0.15, 0.2) is 40.0 Å². The molecular formula is C23H28F3N5OS. The van der Waals surface area contributed by atoms with Crippen molar-refractivity contribution in [3.05, 3.63) is 45.6 Å². The fourth-order valence-corrected chi connectivity index (χ4v) is 4.81. The number of aromatic nitrogens is 1. The molecule has 2 aliphatic heterocycles. The average Bonchev–Trinajstić information content (AvgIpc) is 3.52. The molecule has 4 rings (SSSR count). The van der Waals surface area contributed by atoms with Crippen LogP contribution in [-0.4, -0.2) is 40.8 Å². The number of nitrogens with one attached hydrogen (secondary N) is 3. The van der Waals surface area contributed by atoms with E-state index in [0.717, 1.165) is 47.4 Å². The van der Waals surface area contributed by atoms with Crippen LogP contribution in [0.5, 0.6) is 0 Å². The Labute approximate surface area is 195 Å². The van der Waals surface area contributed by atoms with Crippen LogP contribution in [0.1, 0.15) is 46.2 Å². The van der Waals surface area contributed by atoms with Crippen LogP contribution in [0, 0.1) is 16.7 Å². The highest BCUT2D eigenvalue weighted by atomic mass is 32.2. The van der Waals surface area contributed by atoms with E-state index in [0.29, 0.717) is 34.4 Å². The van der Waals surface area contributed by atoms with Crippen molar-refractivity contribution in [1.29, 1.82) is 10.8 Å². The molecule has 1 aromatic heterocycles. The summed E-state index contributed by atoms with van der Waals surface area (Å²) in [5.74, 6) is 0.0359. The van der Waals surface area contributed by atoms with Crippen molar-refractivity contribution >= 4 is 34.1 Å². The molecular weight excluding hydrogens is 451 g/mol. The van der Waals surface area contributed by atoms with E-state index in [2.05, 4.69) is 10.3 Å². The largest absolute Gasteiger partial charge is 0.433 e. The molecule has 3 N–H and O–H groups in total. The van der Waals surface area contributed by atoms with Gasteiger partial charge in [0.2, 0.25) is 0 Å². The number of thioether (sulfide) groups is 1. The van der Waals surface area contributed by atoms with Gasteiger partial charge >= 0.3 is 6.18 Å². The number of halogens is 3. The molecule has 3 heterocycles. The second-order valence-corrected chi connectivity index (χ2v) is 9.07. The van der Waals surface area contributed by atoms with Gasteiger partial charge in [-0.25, -0.2) is 4.98 Å². The topological polar surface area (TPSA) is 92.9 Å². The van der Waals surface area contributed by atoms with E-state index < -0.39 is 11.9 Å². The normalized spacial score (nSPS) is 20.2. The number of hydrogen-bond acceptors (Lipinski definition) is 6. The predicted molar refractivity (Wildman–Crippen MR) is 126 cm³/mol. The van der Waals surface area contributed by atoms with Crippen molar-refractivity contribution in [1.82, 2.24) is 10.3 Å². The van der Waals surface area contributed by atoms with Crippen LogP contribution in [-0.2, 0) is 11.0 Å². The molecule has 10 heteroatoms. The van der Waals surface area contributed by atoms with E-state index in [9.17, 15) is 18.0 Å². The summed E-state index contributed by atoms with van der Waals surface area (Å²) >= 11 is 1.15. The molecule has 1 saturated heterocycles. The summed E-state index contributed by atoms with van der Waals surface area (Å²) in [7, 11) is 0. The van der Waals surface area contributed by atoms with Gasteiger partial charge in [-0.3, -0.25) is 10.2 Å². The molecule has 3 aliphatic rings. The standard InChI is InChI=1S/C21H22F3N5OS.C2H6/c1-10(11(2)25)16-17(12-3-4-12)18(31-19(16)26)20(30)28-13-8-29(9-13)14-5-6-15(27-7-14)21(22,23)24;1-2/h5-7,12-13,25-26H,3-4,8-9H2,1-2H3,(H,28,30);1-2H3/b16-10-,25-11?,26-19?;. The summed E-state index contributed by atoms with van der Waals surface area (Å²) in [5, 5.41) is 19.6. The summed E-state index contributed by atoms with van der Waals surface area (Å²) in [4.78, 5) is 18.8. The van der Waals surface area contributed by atoms with Gasteiger partial charge in [-0.1, -0.05) is 25.6 Å². The number of rotatable bonds is 5. The summed E-state index contributed by atoms with van der Waals surface area (Å²) < 4.78 is 38.0. The van der Waals surface area contributed by atoms with Crippen molar-refractivity contribution in [3.63, 3.8) is 0 Å². The van der Waals surface area contributed by atoms with Crippen molar-refractivity contribution in [2.45, 2.75) is 52.8 Å². The fourth-order valence-electron chi connectivity index (χ4n) is 3.71. The Balaban J connectivity index is 0.00000149. The first-order valence-electron chi connectivity index (χ1n) is 10.9. The second-order valence-electron chi connectivity index (χ2n) is 8.05. The maximum Gasteiger partial charge on any atom is 0.433 e. The second kappa shape index (κ2) is 9.70. The van der Waals surface area contributed by atoms with Gasteiger partial charge in [-0.2, -0.15) is 13.2 Å². The van der Waals surface area contributed by atoms with Crippen molar-refractivity contribution in [2.24, 2.45) is 5.92 Å². The highest BCUT2D eigenvalue weighted by molar-refractivity contribution is 8.18. The summed E-state index contributed by atoms with van der Waals surface area (Å²) in [6.07, 6.45) is -1.31. The number of carbonyl (C=O) groups excluding carboxylic acids is 1. The molecule has 178 valence electrons. The van der Waals surface area contributed by atoms with Crippen LogP contribution in [0.3, 0.4) is 0 Å². The maximum atomic E-state index is 13.0. The van der Waals surface area contributed by atoms with Gasteiger partial charge in [0.05, 0.1) is 27.9 Å². The van der Waals surface area contributed by atoms with E-state index in [1.54, 1.807) is 6.92 Å². The van der Waals surface area contributed by atoms with Gasteiger partial charge in [-0.15, -0.1) is 0 Å². The number of alkyl halides is 3. The molecule has 0 unspecified atom stereocenters. The van der Waals surface area contributed by atoms with E-state index in [-0.39, 0.29) is 17.9 Å². The minimum atomic E-state index is -4.47. The van der Waals surface area contributed by atoms with E-state index in [4.69, 9.17) is 10.8 Å². The van der Waals surface area contributed by atoms with Gasteiger partial charge in [0, 0.05) is 24.4 Å². The molecule has 1 aliphatic carbocycles. The van der Waals surface area contributed by atoms with E-state index >= 15 is 0 Å². The number of hydrogen-bond donors (Lipinski definition) is 3. The SMILES string of the molecule is CC.CC(=N)/C(C)=C1\C(=N)SC(C(=O)NC2CN(c3ccc(C(F)(F)F)nc3)C2)=C1C1CC1. The molecule has 0 atom stereocenters. The van der Waals surface area contributed by atoms with Gasteiger partial charge < -0.3 is 15.6 Å². The lowest BCUT2D eigenvalue weighted by Gasteiger charge is -2.41. The van der Waals surface area contributed by atoms with Crippen LogP contribution < -0.4 is 10.2 Å². The molecule has 1 aromatic rings. The Morgan fingerprint density at radius 1 is 1.21 bits per heavy atom. The third kappa shape index (κ3) is 5.31. The molecule has 1 saturated carbocycles. The number of nitrogens with zero attached hydrogens (tertiary/aromatic N) is 2. The first-order chi connectivity index (χ1) is 15.6. The summed E-state index contributed by atoms with van der Waals surface area (Å²) in [6.45, 7) is 8.46. The Bertz CT molecular complexity index is 1020. The van der Waals surface area contributed by atoms with Crippen LogP contribution >= 0.6 is 11.8 Å². The third-order valence-corrected chi connectivity index (χ3v) is 6.71. The van der Waals surface area contributed by atoms with Crippen molar-refractivity contribution in [2.75, 3.05) is 18.0 Å². The monoisotopic (exact) mass is 479 g/mol. The fraction of sp³-hybridized carbons (Fsp3) is 0.478. The van der Waals surface area contributed by atoms with Crippen LogP contribution in [0.2, 0.25) is 0 Å². The van der Waals surface area contributed by atoms with Gasteiger partial charge in [-0.05, 0) is 55.9 Å². The quantitative estimate of drug-likeness (QED) is 0.508. The minimum absolute atomic E-state index is 0.129. The smallest absolute Gasteiger partial charge is 0.366 e. The zero-order valence-corrected chi connectivity index (χ0v) is 19.9. The van der Waals surface area contributed by atoms with Gasteiger partial charge in [0.1, 0.15) is 5.69 Å². The van der Waals surface area contributed by atoms with Gasteiger partial charge in [0.25, 0.3) is 5.91 Å². The number of amides is 1. The lowest BCUT2D eigenvalue weighted by atomic mass is 9.95. The molecule has 0 radical (unpaired) electrons. The minimum Gasteiger partial charge on any atom is -0.366 e. The zero-order chi connectivity index (χ0) is 24.5. The molecule has 33 heavy (non-hydrogen) atoms. The average molecular weight is 480 g/mol. The Hall–Kier alpha value is -2.62. The number of carbonyl (C=O) groups is 1. The molecule has 6 nitrogen and oxygen atoms in total. The number of allylic oxidation sites excluding steroid dienone is 2. The number of pyridine rings is 1. The van der Waals surface area contributed by atoms with Gasteiger partial charge in [0.15, 0.2) is 0 Å². The lowest BCUT2D eigenvalue weighted by molar-refractivity contribution is -0.141. The van der Waals surface area contributed by atoms with E-state index in [1.807, 2.05) is 25.7 Å². The first-order valence-corrected chi connectivity index (χ1v) is 11.7. The highest BCUT2D eigenvalue weighted by Gasteiger charge is 2.41. The molecule has 0 bridgehead atoms. The molecule has 0 aromatic carbocycles. The number of anilines is 1. The van der Waals surface area contributed by atoms with E-state index in [1.165, 1.54) is 12.3 Å². The zero-order valence-electron chi connectivity index (χ0n) is 19.1. The highest BCUT2D eigenvalue weighted by Crippen LogP contribution is 2.50. The first kappa shape index (κ1) is 25.0. The molecule has 2 fully saturated rings. The van der Waals surface area contributed by atoms with Crippen LogP contribution in [0.4, 0.5) is 18.9 Å². The van der Waals surface area contributed by atoms with Crippen molar-refractivity contribution < 1.29 is 18.0 Å². The Kier molecular flexibility index (Phi) is 7.36. The van der Waals surface area contributed by atoms with Crippen LogP contribution in [0.25, 0.3) is 0 Å². The third-order valence-electron chi connectivity index (χ3n) is 5.69. The predicted octanol–water partition coefficient (Wildman–Crippen LogP) is 5.18. The molecule has 0 spiro atoms. The maximum absolute atomic E-state index is 13.0. The summed E-state index contributed by atoms with van der Waals surface area (Å²) in [5.41, 5.74) is 2.37. The Morgan fingerprint density at radius 2 is 1.85 bits per heavy atom. The Morgan fingerprint density at radius 3 is 2.33 bits per heavy atom. The van der Waals surface area contributed by atoms with Crippen molar-refractivity contribution in [3.8, 4) is 0 Å². The summed E-state index contributed by atoms with van der Waals surface area (Å²) in [6, 6.07) is 2.21. The lowest BCUT2D eigenvalue weighted by Crippen LogP contribution is -2.59. The molecule has 1 amide bonds.